The van der Waals surface area contributed by atoms with Gasteiger partial charge in [0.2, 0.25) is 0 Å². The summed E-state index contributed by atoms with van der Waals surface area (Å²) in [4.78, 5) is 16.4. The number of carbonyl (C=O) groups excluding carboxylic acids is 1. The van der Waals surface area contributed by atoms with Crippen LogP contribution in [0.2, 0.25) is 0 Å². The smallest absolute Gasteiger partial charge is 0.338 e. The van der Waals surface area contributed by atoms with Crippen molar-refractivity contribution in [2.75, 3.05) is 0 Å². The molecule has 0 amide bonds. The van der Waals surface area contributed by atoms with Gasteiger partial charge in [0.1, 0.15) is 6.61 Å². The van der Waals surface area contributed by atoms with Crippen LogP contribution in [0.25, 0.3) is 17.1 Å². The van der Waals surface area contributed by atoms with Gasteiger partial charge >= 0.3 is 5.97 Å². The maximum Gasteiger partial charge on any atom is 0.338 e. The number of carbonyl (C=O) groups is 1. The largest absolute Gasteiger partial charge is 0.457 e. The van der Waals surface area contributed by atoms with Gasteiger partial charge in [-0.3, -0.25) is 0 Å². The third-order valence-corrected chi connectivity index (χ3v) is 3.92. The van der Waals surface area contributed by atoms with Crippen LogP contribution in [0.5, 0.6) is 0 Å². The van der Waals surface area contributed by atoms with Crippen molar-refractivity contribution < 1.29 is 14.1 Å². The van der Waals surface area contributed by atoms with Crippen LogP contribution in [0.1, 0.15) is 21.7 Å². The summed E-state index contributed by atoms with van der Waals surface area (Å²) < 4.78 is 12.2. The molecule has 0 aliphatic rings. The fourth-order valence-corrected chi connectivity index (χ4v) is 2.55. The van der Waals surface area contributed by atoms with Crippen LogP contribution in [-0.4, -0.2) is 25.9 Å². The minimum absolute atomic E-state index is 0.149. The topological polar surface area (TPSA) is 83.0 Å². The minimum Gasteiger partial charge on any atom is -0.457 e. The third-order valence-electron chi connectivity index (χ3n) is 3.92. The molecule has 0 atom stereocenters. The Kier molecular flexibility index (Phi) is 4.49. The van der Waals surface area contributed by atoms with E-state index in [1.54, 1.807) is 42.1 Å². The van der Waals surface area contributed by atoms with Crippen LogP contribution >= 0.6 is 0 Å². The maximum absolute atomic E-state index is 12.2. The number of hydrogen-bond acceptors (Lipinski definition) is 6. The van der Waals surface area contributed by atoms with Crippen LogP contribution in [0, 0.1) is 6.92 Å². The number of esters is 1. The Labute approximate surface area is 155 Å². The lowest BCUT2D eigenvalue weighted by atomic mass is 10.1. The predicted molar refractivity (Wildman–Crippen MR) is 97.2 cm³/mol. The summed E-state index contributed by atoms with van der Waals surface area (Å²) >= 11 is 0. The van der Waals surface area contributed by atoms with Crippen LogP contribution in [-0.2, 0) is 11.3 Å². The monoisotopic (exact) mass is 360 g/mol. The van der Waals surface area contributed by atoms with Crippen molar-refractivity contribution in [1.82, 2.24) is 19.9 Å². The van der Waals surface area contributed by atoms with Crippen molar-refractivity contribution in [3.8, 4) is 17.1 Å². The second-order valence-corrected chi connectivity index (χ2v) is 5.93. The fourth-order valence-electron chi connectivity index (χ4n) is 2.55. The number of aromatic nitrogens is 4. The van der Waals surface area contributed by atoms with Crippen LogP contribution in [0.15, 0.2) is 71.5 Å². The fraction of sp³-hybridized carbons (Fsp3) is 0.100. The summed E-state index contributed by atoms with van der Waals surface area (Å²) in [7, 11) is 0. The molecule has 0 unspecified atom stereocenters. The Balaban J connectivity index is 1.39. The van der Waals surface area contributed by atoms with Gasteiger partial charge in [-0.25, -0.2) is 9.48 Å². The Morgan fingerprint density at radius 2 is 1.89 bits per heavy atom. The molecule has 134 valence electrons. The molecule has 0 radical (unpaired) electrons. The third kappa shape index (κ3) is 3.77. The van der Waals surface area contributed by atoms with Crippen LogP contribution < -0.4 is 0 Å². The lowest BCUT2D eigenvalue weighted by molar-refractivity contribution is 0.0472. The Morgan fingerprint density at radius 1 is 1.11 bits per heavy atom. The normalized spacial score (nSPS) is 10.7. The average Bonchev–Trinajstić information content (AvgIpc) is 3.36. The summed E-state index contributed by atoms with van der Waals surface area (Å²) in [6.45, 7) is 1.90. The zero-order valence-corrected chi connectivity index (χ0v) is 14.6. The van der Waals surface area contributed by atoms with E-state index in [0.29, 0.717) is 17.3 Å². The van der Waals surface area contributed by atoms with E-state index in [0.717, 1.165) is 16.8 Å². The van der Waals surface area contributed by atoms with E-state index in [-0.39, 0.29) is 6.61 Å². The lowest BCUT2D eigenvalue weighted by Crippen LogP contribution is -2.04. The molecule has 27 heavy (non-hydrogen) atoms. The molecule has 4 rings (SSSR count). The summed E-state index contributed by atoms with van der Waals surface area (Å²) in [5.41, 5.74) is 2.95. The van der Waals surface area contributed by atoms with E-state index < -0.39 is 5.97 Å². The number of benzene rings is 2. The quantitative estimate of drug-likeness (QED) is 0.506. The lowest BCUT2D eigenvalue weighted by Gasteiger charge is -2.04. The van der Waals surface area contributed by atoms with Gasteiger partial charge in [0.25, 0.3) is 5.89 Å². The standard InChI is InChI=1S/C20H16N4O3/c1-14-22-19(27-23-14)16-7-9-17(10-8-16)20(25)26-13-15-11-21-24(12-15)18-5-3-2-4-6-18/h2-12H,13H2,1H3. The summed E-state index contributed by atoms with van der Waals surface area (Å²) in [5, 5.41) is 8.04. The highest BCUT2D eigenvalue weighted by Gasteiger charge is 2.11. The molecule has 0 saturated carbocycles. The van der Waals surface area contributed by atoms with Crippen molar-refractivity contribution in [2.45, 2.75) is 13.5 Å². The molecule has 7 heteroatoms. The van der Waals surface area contributed by atoms with Gasteiger partial charge in [0, 0.05) is 17.3 Å². The molecule has 4 aromatic rings. The SMILES string of the molecule is Cc1noc(-c2ccc(C(=O)OCc3cnn(-c4ccccc4)c3)cc2)n1. The van der Waals surface area contributed by atoms with E-state index in [2.05, 4.69) is 15.2 Å². The van der Waals surface area contributed by atoms with E-state index in [4.69, 9.17) is 9.26 Å². The van der Waals surface area contributed by atoms with Gasteiger partial charge < -0.3 is 9.26 Å². The second kappa shape index (κ2) is 7.25. The van der Waals surface area contributed by atoms with Crippen molar-refractivity contribution in [1.29, 1.82) is 0 Å². The Morgan fingerprint density at radius 3 is 2.59 bits per heavy atom. The molecule has 2 aromatic heterocycles. The van der Waals surface area contributed by atoms with Gasteiger partial charge in [0.05, 0.1) is 17.4 Å². The summed E-state index contributed by atoms with van der Waals surface area (Å²) in [6.07, 6.45) is 3.52. The molecule has 0 aliphatic heterocycles. The molecule has 0 spiro atoms. The maximum atomic E-state index is 12.2. The van der Waals surface area contributed by atoms with Gasteiger partial charge in [-0.2, -0.15) is 10.1 Å². The van der Waals surface area contributed by atoms with Crippen molar-refractivity contribution >= 4 is 5.97 Å². The van der Waals surface area contributed by atoms with Gasteiger partial charge in [-0.05, 0) is 43.3 Å². The van der Waals surface area contributed by atoms with E-state index in [9.17, 15) is 4.79 Å². The van der Waals surface area contributed by atoms with E-state index in [1.165, 1.54) is 0 Å². The molecular formula is C20H16N4O3. The second-order valence-electron chi connectivity index (χ2n) is 5.93. The highest BCUT2D eigenvalue weighted by Crippen LogP contribution is 2.18. The number of aryl methyl sites for hydroxylation is 1. The number of ether oxygens (including phenoxy) is 1. The number of para-hydroxylation sites is 1. The highest BCUT2D eigenvalue weighted by molar-refractivity contribution is 5.89. The molecule has 0 saturated heterocycles. The predicted octanol–water partition coefficient (Wildman–Crippen LogP) is 3.59. The van der Waals surface area contributed by atoms with Crippen molar-refractivity contribution in [3.05, 3.63) is 83.9 Å². The van der Waals surface area contributed by atoms with Gasteiger partial charge in [0.15, 0.2) is 5.82 Å². The van der Waals surface area contributed by atoms with E-state index in [1.807, 2.05) is 36.5 Å². The van der Waals surface area contributed by atoms with E-state index >= 15 is 0 Å². The molecule has 0 aliphatic carbocycles. The molecule has 2 heterocycles. The Hall–Kier alpha value is -3.74. The first-order valence-corrected chi connectivity index (χ1v) is 8.36. The zero-order valence-electron chi connectivity index (χ0n) is 14.6. The first kappa shape index (κ1) is 16.7. The molecular weight excluding hydrogens is 344 g/mol. The highest BCUT2D eigenvalue weighted by atomic mass is 16.5. The average molecular weight is 360 g/mol. The van der Waals surface area contributed by atoms with Crippen molar-refractivity contribution in [3.63, 3.8) is 0 Å². The summed E-state index contributed by atoms with van der Waals surface area (Å²) in [6, 6.07) is 16.6. The number of rotatable bonds is 5. The van der Waals surface area contributed by atoms with Gasteiger partial charge in [-0.15, -0.1) is 0 Å². The number of nitrogens with zero attached hydrogens (tertiary/aromatic N) is 4. The Bertz CT molecular complexity index is 1050. The zero-order chi connectivity index (χ0) is 18.6. The van der Waals surface area contributed by atoms with Crippen LogP contribution in [0.4, 0.5) is 0 Å². The first-order valence-electron chi connectivity index (χ1n) is 8.36. The summed E-state index contributed by atoms with van der Waals surface area (Å²) in [5.74, 6) is 0.570. The molecule has 7 nitrogen and oxygen atoms in total. The first-order chi connectivity index (χ1) is 13.2. The van der Waals surface area contributed by atoms with Crippen molar-refractivity contribution in [2.24, 2.45) is 0 Å². The molecule has 0 bridgehead atoms. The van der Waals surface area contributed by atoms with Crippen LogP contribution in [0.3, 0.4) is 0 Å². The number of hydrogen-bond donors (Lipinski definition) is 0. The molecule has 0 fully saturated rings. The minimum atomic E-state index is -0.407. The molecule has 2 aromatic carbocycles. The van der Waals surface area contributed by atoms with Gasteiger partial charge in [-0.1, -0.05) is 23.4 Å². The molecule has 0 N–H and O–H groups in total.